The highest BCUT2D eigenvalue weighted by Crippen LogP contribution is 2.32. The summed E-state index contributed by atoms with van der Waals surface area (Å²) in [6.07, 6.45) is 0. The van der Waals surface area contributed by atoms with Gasteiger partial charge < -0.3 is 10.8 Å². The zero-order chi connectivity index (χ0) is 11.9. The molecule has 0 saturated heterocycles. The van der Waals surface area contributed by atoms with Crippen LogP contribution in [0.15, 0.2) is 18.2 Å². The van der Waals surface area contributed by atoms with E-state index >= 15 is 0 Å². The van der Waals surface area contributed by atoms with Crippen LogP contribution in [0, 0.1) is 5.82 Å². The van der Waals surface area contributed by atoms with E-state index in [0.29, 0.717) is 5.56 Å². The monoisotopic (exact) mass is 231 g/mol. The molecule has 0 heterocycles. The summed E-state index contributed by atoms with van der Waals surface area (Å²) in [6.45, 7) is 4.91. The van der Waals surface area contributed by atoms with Gasteiger partial charge in [0.25, 0.3) is 0 Å². The Labute approximate surface area is 93.9 Å². The van der Waals surface area contributed by atoms with E-state index in [9.17, 15) is 9.50 Å². The second kappa shape index (κ2) is 3.74. The lowest BCUT2D eigenvalue weighted by Crippen LogP contribution is -2.52. The van der Waals surface area contributed by atoms with Crippen LogP contribution in [-0.4, -0.2) is 10.6 Å². The molecule has 0 fully saturated rings. The molecule has 0 radical (unpaired) electrons. The lowest BCUT2D eigenvalue weighted by Gasteiger charge is -2.37. The fraction of sp³-hybridized carbons (Fsp3) is 0.455. The smallest absolute Gasteiger partial charge is 0.142 e. The third kappa shape index (κ3) is 2.30. The summed E-state index contributed by atoms with van der Waals surface area (Å²) in [5, 5.41) is 10.2. The van der Waals surface area contributed by atoms with Gasteiger partial charge in [-0.1, -0.05) is 17.7 Å². The summed E-state index contributed by atoms with van der Waals surface area (Å²) >= 11 is 5.56. The predicted octanol–water partition coefficient (Wildman–Crippen LogP) is 2.42. The van der Waals surface area contributed by atoms with Crippen molar-refractivity contribution < 1.29 is 9.50 Å². The molecule has 0 aliphatic heterocycles. The lowest BCUT2D eigenvalue weighted by atomic mass is 9.79. The van der Waals surface area contributed by atoms with E-state index in [1.807, 2.05) is 0 Å². The number of rotatable bonds is 2. The van der Waals surface area contributed by atoms with Crippen LogP contribution in [0.2, 0.25) is 5.02 Å². The van der Waals surface area contributed by atoms with E-state index in [2.05, 4.69) is 0 Å². The molecular formula is C11H15ClFNO. The quantitative estimate of drug-likeness (QED) is 0.821. The van der Waals surface area contributed by atoms with Crippen molar-refractivity contribution in [1.29, 1.82) is 0 Å². The molecule has 1 rings (SSSR count). The van der Waals surface area contributed by atoms with Crippen LogP contribution in [-0.2, 0) is 5.60 Å². The third-order valence-corrected chi connectivity index (χ3v) is 3.04. The van der Waals surface area contributed by atoms with E-state index < -0.39 is 17.0 Å². The minimum Gasteiger partial charge on any atom is -0.384 e. The molecule has 0 bridgehead atoms. The molecule has 84 valence electrons. The molecule has 0 spiro atoms. The Morgan fingerprint density at radius 1 is 1.33 bits per heavy atom. The van der Waals surface area contributed by atoms with E-state index in [-0.39, 0.29) is 5.02 Å². The fourth-order valence-corrected chi connectivity index (χ4v) is 1.29. The Bertz CT molecular complexity index is 371. The molecule has 1 aromatic rings. The molecular weight excluding hydrogens is 217 g/mol. The van der Waals surface area contributed by atoms with Gasteiger partial charge in [0.15, 0.2) is 0 Å². The van der Waals surface area contributed by atoms with E-state index in [1.165, 1.54) is 12.1 Å². The van der Waals surface area contributed by atoms with Crippen molar-refractivity contribution >= 4 is 11.6 Å². The van der Waals surface area contributed by atoms with Gasteiger partial charge in [-0.05, 0) is 38.5 Å². The predicted molar refractivity (Wildman–Crippen MR) is 59.2 cm³/mol. The number of benzene rings is 1. The summed E-state index contributed by atoms with van der Waals surface area (Å²) in [5.41, 5.74) is 4.07. The molecule has 0 aliphatic carbocycles. The fourth-order valence-electron chi connectivity index (χ4n) is 1.17. The second-order valence-corrected chi connectivity index (χ2v) is 4.83. The van der Waals surface area contributed by atoms with Crippen LogP contribution in [0.5, 0.6) is 0 Å². The summed E-state index contributed by atoms with van der Waals surface area (Å²) in [5.74, 6) is -0.557. The average Bonchev–Trinajstić information content (AvgIpc) is 2.07. The molecule has 0 saturated carbocycles. The molecule has 15 heavy (non-hydrogen) atoms. The Kier molecular flexibility index (Phi) is 3.10. The van der Waals surface area contributed by atoms with Crippen molar-refractivity contribution in [1.82, 2.24) is 0 Å². The normalized spacial score (nSPS) is 16.2. The number of aliphatic hydroxyl groups is 1. The van der Waals surface area contributed by atoms with Crippen molar-refractivity contribution in [3.05, 3.63) is 34.6 Å². The van der Waals surface area contributed by atoms with Crippen LogP contribution in [0.4, 0.5) is 4.39 Å². The SMILES string of the molecule is CC(C)(N)C(C)(O)c1ccc(Cl)c(F)c1. The van der Waals surface area contributed by atoms with Gasteiger partial charge in [-0.15, -0.1) is 0 Å². The Hall–Kier alpha value is -0.640. The van der Waals surface area contributed by atoms with Gasteiger partial charge in [0, 0.05) is 5.54 Å². The molecule has 0 amide bonds. The first kappa shape index (κ1) is 12.4. The second-order valence-electron chi connectivity index (χ2n) is 4.42. The number of nitrogens with two attached hydrogens (primary N) is 1. The van der Waals surface area contributed by atoms with Crippen molar-refractivity contribution in [2.75, 3.05) is 0 Å². The Morgan fingerprint density at radius 3 is 2.27 bits per heavy atom. The van der Waals surface area contributed by atoms with Gasteiger partial charge in [0.2, 0.25) is 0 Å². The third-order valence-electron chi connectivity index (χ3n) is 2.74. The molecule has 1 atom stereocenters. The standard InChI is InChI=1S/C11H15ClFNO/c1-10(2,14)11(3,15)7-4-5-8(12)9(13)6-7/h4-6,15H,14H2,1-3H3. The first-order valence-corrected chi connectivity index (χ1v) is 5.01. The van der Waals surface area contributed by atoms with Gasteiger partial charge in [-0.25, -0.2) is 4.39 Å². The average molecular weight is 232 g/mol. The van der Waals surface area contributed by atoms with Gasteiger partial charge in [0.05, 0.1) is 5.02 Å². The largest absolute Gasteiger partial charge is 0.384 e. The summed E-state index contributed by atoms with van der Waals surface area (Å²) in [6, 6.07) is 4.18. The Balaban J connectivity index is 3.22. The van der Waals surface area contributed by atoms with Gasteiger partial charge in [-0.2, -0.15) is 0 Å². The molecule has 0 aliphatic rings. The van der Waals surface area contributed by atoms with E-state index in [1.54, 1.807) is 26.8 Å². The maximum atomic E-state index is 13.2. The van der Waals surface area contributed by atoms with Crippen LogP contribution in [0.3, 0.4) is 0 Å². The lowest BCUT2D eigenvalue weighted by molar-refractivity contribution is -0.00893. The first-order valence-electron chi connectivity index (χ1n) is 4.63. The van der Waals surface area contributed by atoms with Crippen LogP contribution in [0.1, 0.15) is 26.3 Å². The van der Waals surface area contributed by atoms with E-state index in [4.69, 9.17) is 17.3 Å². The first-order chi connectivity index (χ1) is 6.66. The zero-order valence-corrected chi connectivity index (χ0v) is 9.77. The minimum atomic E-state index is -1.31. The number of hydrogen-bond acceptors (Lipinski definition) is 2. The van der Waals surface area contributed by atoms with Crippen LogP contribution >= 0.6 is 11.6 Å². The highest BCUT2D eigenvalue weighted by Gasteiger charge is 2.37. The van der Waals surface area contributed by atoms with Crippen molar-refractivity contribution in [2.45, 2.75) is 31.9 Å². The van der Waals surface area contributed by atoms with Gasteiger partial charge in [-0.3, -0.25) is 0 Å². The summed E-state index contributed by atoms with van der Waals surface area (Å²) in [7, 11) is 0. The number of halogens is 2. The van der Waals surface area contributed by atoms with Crippen LogP contribution < -0.4 is 5.73 Å². The summed E-state index contributed by atoms with van der Waals surface area (Å²) < 4.78 is 13.2. The molecule has 4 heteroatoms. The van der Waals surface area contributed by atoms with Crippen LogP contribution in [0.25, 0.3) is 0 Å². The number of hydrogen-bond donors (Lipinski definition) is 2. The molecule has 3 N–H and O–H groups in total. The van der Waals surface area contributed by atoms with Crippen molar-refractivity contribution in [3.63, 3.8) is 0 Å². The Morgan fingerprint density at radius 2 is 1.87 bits per heavy atom. The molecule has 1 unspecified atom stereocenters. The van der Waals surface area contributed by atoms with Crippen molar-refractivity contribution in [3.8, 4) is 0 Å². The topological polar surface area (TPSA) is 46.2 Å². The highest BCUT2D eigenvalue weighted by molar-refractivity contribution is 6.30. The minimum absolute atomic E-state index is 0.0318. The summed E-state index contributed by atoms with van der Waals surface area (Å²) in [4.78, 5) is 0. The van der Waals surface area contributed by atoms with E-state index in [0.717, 1.165) is 0 Å². The van der Waals surface area contributed by atoms with Gasteiger partial charge >= 0.3 is 0 Å². The zero-order valence-electron chi connectivity index (χ0n) is 9.01. The highest BCUT2D eigenvalue weighted by atomic mass is 35.5. The van der Waals surface area contributed by atoms with Gasteiger partial charge in [0.1, 0.15) is 11.4 Å². The molecule has 2 nitrogen and oxygen atoms in total. The molecule has 1 aromatic carbocycles. The molecule has 0 aromatic heterocycles. The maximum Gasteiger partial charge on any atom is 0.142 e. The van der Waals surface area contributed by atoms with Crippen molar-refractivity contribution in [2.24, 2.45) is 5.73 Å². The maximum absolute atomic E-state index is 13.2.